The molecule has 0 aliphatic carbocycles. The van der Waals surface area contributed by atoms with Gasteiger partial charge >= 0.3 is 0 Å². The summed E-state index contributed by atoms with van der Waals surface area (Å²) in [6.07, 6.45) is 0. The highest BCUT2D eigenvalue weighted by atomic mass is 35.5. The summed E-state index contributed by atoms with van der Waals surface area (Å²) < 4.78 is 0. The lowest BCUT2D eigenvalue weighted by Gasteiger charge is -2.08. The first-order valence-corrected chi connectivity index (χ1v) is 10.2. The predicted molar refractivity (Wildman–Crippen MR) is 107 cm³/mol. The Hall–Kier alpha value is -1.15. The number of aromatic amines is 1. The number of nitrogens with one attached hydrogen (secondary N) is 2. The number of amides is 1. The molecule has 0 saturated carbocycles. The minimum absolute atomic E-state index is 0.0898. The maximum Gasteiger partial charge on any atom is 0.251 e. The minimum Gasteiger partial charge on any atom is -0.324 e. The Morgan fingerprint density at radius 2 is 2.08 bits per heavy atom. The average Bonchev–Trinajstić information content (AvgIpc) is 2.54. The Morgan fingerprint density at radius 1 is 1.32 bits per heavy atom. The molecule has 0 aliphatic heterocycles. The number of nitrogens with zero attached hydrogens (tertiary/aromatic N) is 1. The van der Waals surface area contributed by atoms with Crippen molar-refractivity contribution in [1.29, 1.82) is 0 Å². The summed E-state index contributed by atoms with van der Waals surface area (Å²) in [5.41, 5.74) is 0.918. The molecular weight excluding hydrogens is 401 g/mol. The van der Waals surface area contributed by atoms with E-state index in [1.165, 1.54) is 6.07 Å². The second-order valence-corrected chi connectivity index (χ2v) is 8.74. The highest BCUT2D eigenvalue weighted by Gasteiger charge is 2.10. The predicted octanol–water partition coefficient (Wildman–Crippen LogP) is 4.45. The fourth-order valence-corrected chi connectivity index (χ4v) is 3.47. The molecule has 0 fully saturated rings. The minimum atomic E-state index is -0.265. The summed E-state index contributed by atoms with van der Waals surface area (Å²) in [7, 11) is 0. The molecule has 0 bridgehead atoms. The molecule has 9 heteroatoms. The van der Waals surface area contributed by atoms with Crippen LogP contribution in [0.4, 0.5) is 5.69 Å². The Morgan fingerprint density at radius 3 is 2.80 bits per heavy atom. The third kappa shape index (κ3) is 6.93. The van der Waals surface area contributed by atoms with E-state index in [-0.39, 0.29) is 17.2 Å². The number of carbonyl (C=O) groups is 1. The Labute approximate surface area is 164 Å². The van der Waals surface area contributed by atoms with Gasteiger partial charge in [0.05, 0.1) is 22.2 Å². The number of benzene rings is 1. The molecule has 2 N–H and O–H groups in total. The number of anilines is 1. The van der Waals surface area contributed by atoms with E-state index in [1.807, 2.05) is 0 Å². The van der Waals surface area contributed by atoms with Crippen molar-refractivity contribution in [3.8, 4) is 0 Å². The Kier molecular flexibility index (Phi) is 7.68. The van der Waals surface area contributed by atoms with Crippen molar-refractivity contribution in [3.63, 3.8) is 0 Å². The summed E-state index contributed by atoms with van der Waals surface area (Å²) in [6.45, 7) is 4.16. The molecule has 0 unspecified atom stereocenters. The highest BCUT2D eigenvalue weighted by Crippen LogP contribution is 2.25. The van der Waals surface area contributed by atoms with Crippen LogP contribution in [0.25, 0.3) is 0 Å². The van der Waals surface area contributed by atoms with Crippen LogP contribution in [0.2, 0.25) is 10.0 Å². The van der Waals surface area contributed by atoms with Crippen molar-refractivity contribution < 1.29 is 4.79 Å². The molecule has 2 rings (SSSR count). The van der Waals surface area contributed by atoms with E-state index in [0.29, 0.717) is 37.6 Å². The standard InChI is InChI=1S/C16H17Cl2N3O2S2/c1-9(2)24-7-11-6-14(22)21-16(19-11)25-8-15(23)20-13-5-10(17)3-4-12(13)18/h3-6,9H,7-8H2,1-2H3,(H,20,23)(H,19,21,22). The number of hydrogen-bond acceptors (Lipinski definition) is 5. The van der Waals surface area contributed by atoms with Crippen LogP contribution in [0.5, 0.6) is 0 Å². The summed E-state index contributed by atoms with van der Waals surface area (Å²) in [4.78, 5) is 30.8. The van der Waals surface area contributed by atoms with Crippen molar-refractivity contribution in [2.24, 2.45) is 0 Å². The first kappa shape index (κ1) is 20.2. The number of thioether (sulfide) groups is 2. The summed E-state index contributed by atoms with van der Waals surface area (Å²) in [5.74, 6) is 0.477. The van der Waals surface area contributed by atoms with Crippen LogP contribution >= 0.6 is 46.7 Å². The molecule has 0 spiro atoms. The number of halogens is 2. The van der Waals surface area contributed by atoms with Crippen molar-refractivity contribution in [2.75, 3.05) is 11.1 Å². The molecule has 1 aromatic carbocycles. The summed E-state index contributed by atoms with van der Waals surface area (Å²) >= 11 is 14.8. The zero-order chi connectivity index (χ0) is 18.4. The van der Waals surface area contributed by atoms with Gasteiger partial charge in [-0.15, -0.1) is 0 Å². The lowest BCUT2D eigenvalue weighted by Crippen LogP contribution is -2.16. The zero-order valence-corrected chi connectivity index (χ0v) is 16.8. The topological polar surface area (TPSA) is 74.8 Å². The highest BCUT2D eigenvalue weighted by molar-refractivity contribution is 7.99. The van der Waals surface area contributed by atoms with Crippen LogP contribution < -0.4 is 10.9 Å². The summed E-state index contributed by atoms with van der Waals surface area (Å²) in [5, 5.41) is 4.44. The molecule has 1 heterocycles. The average molecular weight is 418 g/mol. The van der Waals surface area contributed by atoms with Crippen LogP contribution in [0.15, 0.2) is 34.2 Å². The normalized spacial score (nSPS) is 10.9. The molecule has 25 heavy (non-hydrogen) atoms. The van der Waals surface area contributed by atoms with E-state index in [9.17, 15) is 9.59 Å². The molecule has 0 aliphatic rings. The van der Waals surface area contributed by atoms with Gasteiger partial charge in [0.15, 0.2) is 5.16 Å². The van der Waals surface area contributed by atoms with Crippen LogP contribution in [0.3, 0.4) is 0 Å². The van der Waals surface area contributed by atoms with Gasteiger partial charge in [-0.2, -0.15) is 11.8 Å². The SMILES string of the molecule is CC(C)SCc1cc(=O)[nH]c(SCC(=O)Nc2cc(Cl)ccc2Cl)n1. The number of hydrogen-bond donors (Lipinski definition) is 2. The van der Waals surface area contributed by atoms with Crippen LogP contribution in [0.1, 0.15) is 19.5 Å². The molecule has 0 atom stereocenters. The lowest BCUT2D eigenvalue weighted by molar-refractivity contribution is -0.113. The van der Waals surface area contributed by atoms with Crippen LogP contribution in [0, 0.1) is 0 Å². The molecule has 2 aromatic rings. The van der Waals surface area contributed by atoms with Crippen molar-refractivity contribution >= 4 is 58.3 Å². The van der Waals surface area contributed by atoms with Gasteiger partial charge in [-0.05, 0) is 23.4 Å². The van der Waals surface area contributed by atoms with Crippen LogP contribution in [-0.2, 0) is 10.5 Å². The smallest absolute Gasteiger partial charge is 0.251 e. The zero-order valence-electron chi connectivity index (χ0n) is 13.6. The molecule has 0 radical (unpaired) electrons. The molecule has 1 aromatic heterocycles. The number of carbonyl (C=O) groups excluding carboxylic acids is 1. The molecule has 0 saturated heterocycles. The fourth-order valence-electron chi connectivity index (χ4n) is 1.79. The van der Waals surface area contributed by atoms with Gasteiger partial charge in [-0.1, -0.05) is 48.8 Å². The summed E-state index contributed by atoms with van der Waals surface area (Å²) in [6, 6.07) is 6.31. The second kappa shape index (κ2) is 9.52. The van der Waals surface area contributed by atoms with Gasteiger partial charge < -0.3 is 10.3 Å². The fraction of sp³-hybridized carbons (Fsp3) is 0.312. The Bertz CT molecular complexity index is 812. The van der Waals surface area contributed by atoms with Gasteiger partial charge in [-0.25, -0.2) is 4.98 Å². The van der Waals surface area contributed by atoms with Crippen molar-refractivity contribution in [2.45, 2.75) is 30.0 Å². The maximum absolute atomic E-state index is 12.1. The number of aromatic nitrogens is 2. The van der Waals surface area contributed by atoms with Gasteiger partial charge in [0.25, 0.3) is 5.56 Å². The van der Waals surface area contributed by atoms with Crippen LogP contribution in [-0.4, -0.2) is 26.9 Å². The van der Waals surface area contributed by atoms with E-state index in [4.69, 9.17) is 23.2 Å². The quantitative estimate of drug-likeness (QED) is 0.513. The van der Waals surface area contributed by atoms with Gasteiger partial charge in [0, 0.05) is 16.8 Å². The van der Waals surface area contributed by atoms with E-state index >= 15 is 0 Å². The van der Waals surface area contributed by atoms with E-state index in [0.717, 1.165) is 11.8 Å². The second-order valence-electron chi connectivity index (χ2n) is 5.36. The first-order chi connectivity index (χ1) is 11.8. The van der Waals surface area contributed by atoms with Gasteiger partial charge in [0.1, 0.15) is 0 Å². The van der Waals surface area contributed by atoms with E-state index in [1.54, 1.807) is 30.0 Å². The largest absolute Gasteiger partial charge is 0.324 e. The van der Waals surface area contributed by atoms with Gasteiger partial charge in [0.2, 0.25) is 5.91 Å². The van der Waals surface area contributed by atoms with Crippen molar-refractivity contribution in [1.82, 2.24) is 9.97 Å². The van der Waals surface area contributed by atoms with Gasteiger partial charge in [-0.3, -0.25) is 9.59 Å². The maximum atomic E-state index is 12.1. The molecule has 1 amide bonds. The monoisotopic (exact) mass is 417 g/mol. The van der Waals surface area contributed by atoms with Crippen molar-refractivity contribution in [3.05, 3.63) is 50.4 Å². The Balaban J connectivity index is 1.97. The number of H-pyrrole nitrogens is 1. The third-order valence-electron chi connectivity index (χ3n) is 2.88. The lowest BCUT2D eigenvalue weighted by atomic mass is 10.3. The third-order valence-corrected chi connectivity index (χ3v) is 5.45. The molecular formula is C16H17Cl2N3O2S2. The number of rotatable bonds is 7. The van der Waals surface area contributed by atoms with E-state index in [2.05, 4.69) is 29.1 Å². The first-order valence-electron chi connectivity index (χ1n) is 7.43. The molecule has 134 valence electrons. The van der Waals surface area contributed by atoms with E-state index < -0.39 is 0 Å². The molecule has 5 nitrogen and oxygen atoms in total.